The summed E-state index contributed by atoms with van der Waals surface area (Å²) in [4.78, 5) is 36.0. The number of carboxylic acid groups (broad SMARTS) is 1. The van der Waals surface area contributed by atoms with E-state index in [4.69, 9.17) is 5.11 Å². The Bertz CT molecular complexity index is 1260. The molecule has 1 amide bonds. The Hall–Kier alpha value is -4.07. The van der Waals surface area contributed by atoms with Crippen molar-refractivity contribution in [1.29, 1.82) is 0 Å². The first-order valence-electron chi connectivity index (χ1n) is 9.84. The molecule has 3 N–H and O–H groups in total. The first kappa shape index (κ1) is 21.2. The number of rotatable bonds is 5. The van der Waals surface area contributed by atoms with Gasteiger partial charge in [-0.1, -0.05) is 6.07 Å². The van der Waals surface area contributed by atoms with Gasteiger partial charge in [0.2, 0.25) is 0 Å². The highest BCUT2D eigenvalue weighted by atomic mass is 19.1. The number of anilines is 2. The van der Waals surface area contributed by atoms with Crippen LogP contribution in [-0.2, 0) is 17.6 Å². The van der Waals surface area contributed by atoms with Crippen LogP contribution >= 0.6 is 0 Å². The molecule has 0 bridgehead atoms. The third-order valence-corrected chi connectivity index (χ3v) is 5.24. The minimum absolute atomic E-state index is 0.117. The number of benzene rings is 3. The third-order valence-electron chi connectivity index (χ3n) is 5.24. The number of halogens is 2. The lowest BCUT2D eigenvalue weighted by atomic mass is 9.96. The highest BCUT2D eigenvalue weighted by Crippen LogP contribution is 2.29. The second-order valence-electron chi connectivity index (χ2n) is 7.40. The number of hydrogen-bond donors (Lipinski definition) is 3. The van der Waals surface area contributed by atoms with E-state index >= 15 is 0 Å². The molecule has 3 aromatic carbocycles. The Morgan fingerprint density at radius 1 is 0.906 bits per heavy atom. The van der Waals surface area contributed by atoms with Gasteiger partial charge < -0.3 is 15.7 Å². The van der Waals surface area contributed by atoms with E-state index in [1.54, 1.807) is 30.3 Å². The van der Waals surface area contributed by atoms with Crippen LogP contribution in [0.5, 0.6) is 0 Å². The zero-order chi connectivity index (χ0) is 22.8. The molecule has 0 saturated heterocycles. The summed E-state index contributed by atoms with van der Waals surface area (Å²) in [6.07, 6.45) is 1.11. The van der Waals surface area contributed by atoms with Crippen LogP contribution in [0.25, 0.3) is 0 Å². The van der Waals surface area contributed by atoms with Crippen molar-refractivity contribution >= 4 is 29.0 Å². The first-order valence-corrected chi connectivity index (χ1v) is 9.84. The highest BCUT2D eigenvalue weighted by molar-refractivity contribution is 6.12. The molecular formula is C24H18F2N2O4. The Labute approximate surface area is 181 Å². The molecular weight excluding hydrogens is 418 g/mol. The largest absolute Gasteiger partial charge is 0.480 e. The van der Waals surface area contributed by atoms with Gasteiger partial charge in [-0.05, 0) is 66.4 Å². The second kappa shape index (κ2) is 8.58. The van der Waals surface area contributed by atoms with E-state index < -0.39 is 30.1 Å². The number of fused-ring (bicyclic) bond motifs is 2. The van der Waals surface area contributed by atoms with Crippen LogP contribution in [0.3, 0.4) is 0 Å². The lowest BCUT2D eigenvalue weighted by molar-refractivity contribution is -0.135. The SMILES string of the molecule is O=C(O)CNC(=O)c1ccc2c(c1)C(=O)c1ccc(Nc3ccc(F)cc3F)cc1CC2. The van der Waals surface area contributed by atoms with Gasteiger partial charge >= 0.3 is 5.97 Å². The Morgan fingerprint density at radius 3 is 2.44 bits per heavy atom. The smallest absolute Gasteiger partial charge is 0.322 e. The number of hydrogen-bond acceptors (Lipinski definition) is 4. The maximum atomic E-state index is 14.0. The number of aliphatic carboxylic acids is 1. The number of amides is 1. The van der Waals surface area contributed by atoms with Crippen LogP contribution in [-0.4, -0.2) is 29.3 Å². The Kier molecular flexibility index (Phi) is 5.68. The van der Waals surface area contributed by atoms with Crippen molar-refractivity contribution < 1.29 is 28.3 Å². The zero-order valence-corrected chi connectivity index (χ0v) is 16.7. The van der Waals surface area contributed by atoms with Crippen LogP contribution in [0.15, 0.2) is 54.6 Å². The number of carboxylic acids is 1. The van der Waals surface area contributed by atoms with Crippen LogP contribution in [0.2, 0.25) is 0 Å². The molecule has 0 spiro atoms. The van der Waals surface area contributed by atoms with Gasteiger partial charge in [-0.2, -0.15) is 0 Å². The number of aryl methyl sites for hydroxylation is 2. The highest BCUT2D eigenvalue weighted by Gasteiger charge is 2.23. The van der Waals surface area contributed by atoms with Gasteiger partial charge in [-0.25, -0.2) is 8.78 Å². The topological polar surface area (TPSA) is 95.5 Å². The van der Waals surface area contributed by atoms with Crippen LogP contribution in [0.1, 0.15) is 37.4 Å². The second-order valence-corrected chi connectivity index (χ2v) is 7.40. The molecule has 0 fully saturated rings. The van der Waals surface area contributed by atoms with Crippen molar-refractivity contribution in [2.75, 3.05) is 11.9 Å². The van der Waals surface area contributed by atoms with E-state index in [-0.39, 0.29) is 17.0 Å². The summed E-state index contributed by atoms with van der Waals surface area (Å²) in [5.74, 6) is -3.39. The van der Waals surface area contributed by atoms with Gasteiger partial charge in [-0.15, -0.1) is 0 Å². The predicted octanol–water partition coefficient (Wildman–Crippen LogP) is 3.85. The average Bonchev–Trinajstić information content (AvgIpc) is 2.90. The van der Waals surface area contributed by atoms with Gasteiger partial charge in [0.05, 0.1) is 5.69 Å². The maximum absolute atomic E-state index is 14.0. The molecule has 0 aromatic heterocycles. The number of carbonyl (C=O) groups is 3. The molecule has 0 radical (unpaired) electrons. The van der Waals surface area contributed by atoms with Gasteiger partial charge in [-0.3, -0.25) is 14.4 Å². The zero-order valence-electron chi connectivity index (χ0n) is 16.7. The lowest BCUT2D eigenvalue weighted by Gasteiger charge is -2.11. The fraction of sp³-hybridized carbons (Fsp3) is 0.125. The molecule has 8 heteroatoms. The van der Waals surface area contributed by atoms with Crippen molar-refractivity contribution in [3.8, 4) is 0 Å². The van der Waals surface area contributed by atoms with Crippen molar-refractivity contribution in [2.24, 2.45) is 0 Å². The monoisotopic (exact) mass is 436 g/mol. The molecule has 4 rings (SSSR count). The Balaban J connectivity index is 1.61. The van der Waals surface area contributed by atoms with E-state index in [1.807, 2.05) is 0 Å². The van der Waals surface area contributed by atoms with E-state index in [1.165, 1.54) is 12.1 Å². The number of ketones is 1. The Morgan fingerprint density at radius 2 is 1.69 bits per heavy atom. The first-order chi connectivity index (χ1) is 15.3. The molecule has 0 saturated carbocycles. The molecule has 0 heterocycles. The standard InChI is InChI=1S/C24H18F2N2O4/c25-16-5-8-21(20(26)11-16)28-17-6-7-18-14(9-17)3-1-13-2-4-15(10-19(13)23(18)31)24(32)27-12-22(29)30/h2,4-11,28H,1,3,12H2,(H,27,32)(H,29,30). The van der Waals surface area contributed by atoms with E-state index in [0.29, 0.717) is 29.7 Å². The fourth-order valence-corrected chi connectivity index (χ4v) is 3.67. The maximum Gasteiger partial charge on any atom is 0.322 e. The predicted molar refractivity (Wildman–Crippen MR) is 113 cm³/mol. The van der Waals surface area contributed by atoms with Gasteiger partial charge in [0.1, 0.15) is 18.2 Å². The molecule has 3 aromatic rings. The molecule has 0 atom stereocenters. The van der Waals surface area contributed by atoms with Crippen molar-refractivity contribution in [3.63, 3.8) is 0 Å². The normalized spacial score (nSPS) is 12.4. The van der Waals surface area contributed by atoms with E-state index in [0.717, 1.165) is 23.3 Å². The van der Waals surface area contributed by atoms with Gasteiger partial charge in [0.15, 0.2) is 5.78 Å². The fourth-order valence-electron chi connectivity index (χ4n) is 3.67. The number of carbonyl (C=O) groups excluding carboxylic acids is 2. The summed E-state index contributed by atoms with van der Waals surface area (Å²) < 4.78 is 27.1. The van der Waals surface area contributed by atoms with Crippen molar-refractivity contribution in [1.82, 2.24) is 5.32 Å². The molecule has 1 aliphatic carbocycles. The molecule has 0 aliphatic heterocycles. The molecule has 162 valence electrons. The third kappa shape index (κ3) is 4.34. The summed E-state index contributed by atoms with van der Waals surface area (Å²) in [6, 6.07) is 13.0. The summed E-state index contributed by atoms with van der Waals surface area (Å²) in [7, 11) is 0. The lowest BCUT2D eigenvalue weighted by Crippen LogP contribution is -2.29. The molecule has 1 aliphatic rings. The summed E-state index contributed by atoms with van der Waals surface area (Å²) in [5, 5.41) is 13.9. The minimum Gasteiger partial charge on any atom is -0.480 e. The summed E-state index contributed by atoms with van der Waals surface area (Å²) in [5.41, 5.74) is 3.27. The van der Waals surface area contributed by atoms with Crippen LogP contribution in [0.4, 0.5) is 20.2 Å². The van der Waals surface area contributed by atoms with Crippen LogP contribution < -0.4 is 10.6 Å². The van der Waals surface area contributed by atoms with Crippen molar-refractivity contribution in [3.05, 3.63) is 94.0 Å². The molecule has 0 unspecified atom stereocenters. The average molecular weight is 436 g/mol. The summed E-state index contributed by atoms with van der Waals surface area (Å²) >= 11 is 0. The van der Waals surface area contributed by atoms with Crippen molar-refractivity contribution in [2.45, 2.75) is 12.8 Å². The van der Waals surface area contributed by atoms with E-state index in [9.17, 15) is 23.2 Å². The molecule has 32 heavy (non-hydrogen) atoms. The molecule has 6 nitrogen and oxygen atoms in total. The summed E-state index contributed by atoms with van der Waals surface area (Å²) in [6.45, 7) is -0.517. The van der Waals surface area contributed by atoms with Gasteiger partial charge in [0, 0.05) is 28.4 Å². The minimum atomic E-state index is -1.16. The van der Waals surface area contributed by atoms with Gasteiger partial charge in [0.25, 0.3) is 5.91 Å². The quantitative estimate of drug-likeness (QED) is 0.565. The van der Waals surface area contributed by atoms with Crippen LogP contribution in [0, 0.1) is 11.6 Å². The number of nitrogens with one attached hydrogen (secondary N) is 2. The van der Waals surface area contributed by atoms with E-state index in [2.05, 4.69) is 10.6 Å².